The van der Waals surface area contributed by atoms with Gasteiger partial charge < -0.3 is 9.64 Å². The third-order valence-corrected chi connectivity index (χ3v) is 2.71. The van der Waals surface area contributed by atoms with Gasteiger partial charge in [-0.2, -0.15) is 0 Å². The Bertz CT molecular complexity index is 452. The van der Waals surface area contributed by atoms with Crippen LogP contribution in [-0.2, 0) is 4.74 Å². The molecule has 20 heavy (non-hydrogen) atoms. The van der Waals surface area contributed by atoms with E-state index >= 15 is 0 Å². The molecule has 1 heterocycles. The summed E-state index contributed by atoms with van der Waals surface area (Å²) in [5.74, 6) is 0. The lowest BCUT2D eigenvalue weighted by Crippen LogP contribution is -2.39. The maximum absolute atomic E-state index is 11.9. The minimum Gasteiger partial charge on any atom is -0.444 e. The number of carbonyl (C=O) groups excluding carboxylic acids is 1. The molecule has 0 spiro atoms. The molecule has 0 fully saturated rings. The molecule has 1 amide bonds. The third-order valence-electron chi connectivity index (χ3n) is 2.71. The quantitative estimate of drug-likeness (QED) is 0.848. The Hall–Kier alpha value is -1.91. The minimum atomic E-state index is -0.470. The lowest BCUT2D eigenvalue weighted by Gasteiger charge is -2.28. The summed E-state index contributed by atoms with van der Waals surface area (Å²) in [6.45, 7) is 7.56. The molecule has 0 N–H and O–H groups in total. The van der Waals surface area contributed by atoms with Gasteiger partial charge in [0.15, 0.2) is 0 Å². The van der Waals surface area contributed by atoms with Gasteiger partial charge in [-0.3, -0.25) is 0 Å². The molecule has 5 nitrogen and oxygen atoms in total. The molecule has 1 rings (SSSR count). The Labute approximate surface area is 120 Å². The summed E-state index contributed by atoms with van der Waals surface area (Å²) in [6, 6.07) is 0.0609. The van der Waals surface area contributed by atoms with Crippen LogP contribution in [0.25, 0.3) is 6.08 Å². The summed E-state index contributed by atoms with van der Waals surface area (Å²) in [7, 11) is 1.75. The number of ether oxygens (including phenoxy) is 1. The van der Waals surface area contributed by atoms with E-state index in [1.54, 1.807) is 24.3 Å². The molecule has 110 valence electrons. The van der Waals surface area contributed by atoms with Crippen LogP contribution in [-0.4, -0.2) is 39.7 Å². The molecular formula is C15H23N3O2. The zero-order valence-corrected chi connectivity index (χ0v) is 12.8. The zero-order chi connectivity index (χ0) is 15.2. The first-order valence-corrected chi connectivity index (χ1v) is 6.67. The van der Waals surface area contributed by atoms with Crippen molar-refractivity contribution in [3.8, 4) is 0 Å². The molecule has 1 atom stereocenters. The smallest absolute Gasteiger partial charge is 0.410 e. The van der Waals surface area contributed by atoms with Crippen LogP contribution < -0.4 is 0 Å². The molecule has 0 bridgehead atoms. The van der Waals surface area contributed by atoms with Crippen LogP contribution >= 0.6 is 0 Å². The van der Waals surface area contributed by atoms with Crippen molar-refractivity contribution in [3.63, 3.8) is 0 Å². The van der Waals surface area contributed by atoms with E-state index in [4.69, 9.17) is 4.74 Å². The van der Waals surface area contributed by atoms with Gasteiger partial charge in [0.25, 0.3) is 0 Å². The fourth-order valence-corrected chi connectivity index (χ4v) is 1.47. The highest BCUT2D eigenvalue weighted by molar-refractivity contribution is 5.68. The predicted octanol–water partition coefficient (Wildman–Crippen LogP) is 3.14. The molecule has 0 aliphatic carbocycles. The Morgan fingerprint density at radius 3 is 2.55 bits per heavy atom. The van der Waals surface area contributed by atoms with Crippen molar-refractivity contribution in [1.82, 2.24) is 14.9 Å². The summed E-state index contributed by atoms with van der Waals surface area (Å²) >= 11 is 0. The summed E-state index contributed by atoms with van der Waals surface area (Å²) in [5, 5.41) is 0. The fourth-order valence-electron chi connectivity index (χ4n) is 1.47. The molecule has 0 aromatic carbocycles. The number of rotatable bonds is 4. The zero-order valence-electron chi connectivity index (χ0n) is 12.8. The largest absolute Gasteiger partial charge is 0.444 e. The van der Waals surface area contributed by atoms with Gasteiger partial charge in [-0.05, 0) is 34.1 Å². The van der Waals surface area contributed by atoms with Crippen LogP contribution in [0.15, 0.2) is 24.8 Å². The van der Waals surface area contributed by atoms with E-state index in [1.807, 2.05) is 39.8 Å². The Morgan fingerprint density at radius 1 is 1.40 bits per heavy atom. The molecule has 1 aromatic heterocycles. The van der Waals surface area contributed by atoms with Gasteiger partial charge in [0.05, 0.1) is 0 Å². The Kier molecular flexibility index (Phi) is 5.67. The van der Waals surface area contributed by atoms with Gasteiger partial charge in [-0.25, -0.2) is 14.8 Å². The SMILES string of the molecule is CC(CC=Cc1cncnc1)N(C)C(=O)OC(C)(C)C. The molecule has 1 unspecified atom stereocenters. The van der Waals surface area contributed by atoms with Crippen LogP contribution in [0, 0.1) is 0 Å². The van der Waals surface area contributed by atoms with Gasteiger partial charge in [-0.15, -0.1) is 0 Å². The summed E-state index contributed by atoms with van der Waals surface area (Å²) < 4.78 is 5.33. The molecule has 0 saturated carbocycles. The first kappa shape index (κ1) is 16.1. The van der Waals surface area contributed by atoms with Crippen LogP contribution in [0.1, 0.15) is 39.7 Å². The topological polar surface area (TPSA) is 55.3 Å². The van der Waals surface area contributed by atoms with E-state index in [2.05, 4.69) is 9.97 Å². The van der Waals surface area contributed by atoms with Crippen molar-refractivity contribution < 1.29 is 9.53 Å². The van der Waals surface area contributed by atoms with Crippen molar-refractivity contribution in [2.45, 2.75) is 45.8 Å². The van der Waals surface area contributed by atoms with E-state index in [9.17, 15) is 4.79 Å². The van der Waals surface area contributed by atoms with Crippen LogP contribution in [0.2, 0.25) is 0 Å². The number of hydrogen-bond donors (Lipinski definition) is 0. The van der Waals surface area contributed by atoms with Gasteiger partial charge >= 0.3 is 6.09 Å². The lowest BCUT2D eigenvalue weighted by atomic mass is 10.2. The number of hydrogen-bond acceptors (Lipinski definition) is 4. The second kappa shape index (κ2) is 7.03. The second-order valence-corrected chi connectivity index (χ2v) is 5.75. The molecule has 5 heteroatoms. The van der Waals surface area contributed by atoms with Gasteiger partial charge in [-0.1, -0.05) is 12.2 Å². The highest BCUT2D eigenvalue weighted by Crippen LogP contribution is 2.12. The highest BCUT2D eigenvalue weighted by atomic mass is 16.6. The second-order valence-electron chi connectivity index (χ2n) is 5.75. The standard InChI is InChI=1S/C15H23N3O2/c1-12(18(5)14(19)20-15(2,3)4)7-6-8-13-9-16-11-17-10-13/h6,8-12H,7H2,1-5H3. The number of nitrogens with zero attached hydrogens (tertiary/aromatic N) is 3. The van der Waals surface area contributed by atoms with E-state index in [0.717, 1.165) is 12.0 Å². The Balaban J connectivity index is 2.48. The van der Waals surface area contributed by atoms with Gasteiger partial charge in [0.2, 0.25) is 0 Å². The van der Waals surface area contributed by atoms with Crippen molar-refractivity contribution in [1.29, 1.82) is 0 Å². The Morgan fingerprint density at radius 2 is 2.00 bits per heavy atom. The molecule has 0 saturated heterocycles. The summed E-state index contributed by atoms with van der Waals surface area (Å²) in [5.41, 5.74) is 0.474. The monoisotopic (exact) mass is 277 g/mol. The highest BCUT2D eigenvalue weighted by Gasteiger charge is 2.22. The first-order chi connectivity index (χ1) is 9.29. The minimum absolute atomic E-state index is 0.0609. The van der Waals surface area contributed by atoms with Crippen LogP contribution in [0.5, 0.6) is 0 Å². The molecule has 0 aliphatic heterocycles. The van der Waals surface area contributed by atoms with Crippen LogP contribution in [0.3, 0.4) is 0 Å². The van der Waals surface area contributed by atoms with Gasteiger partial charge in [0.1, 0.15) is 11.9 Å². The normalized spacial score (nSPS) is 13.2. The number of aromatic nitrogens is 2. The van der Waals surface area contributed by atoms with Crippen molar-refractivity contribution in [3.05, 3.63) is 30.4 Å². The molecule has 0 radical (unpaired) electrons. The molecule has 0 aliphatic rings. The predicted molar refractivity (Wildman–Crippen MR) is 79.1 cm³/mol. The maximum Gasteiger partial charge on any atom is 0.410 e. The van der Waals surface area contributed by atoms with E-state index in [1.165, 1.54) is 6.33 Å². The third kappa shape index (κ3) is 5.82. The molecule has 1 aromatic rings. The summed E-state index contributed by atoms with van der Waals surface area (Å²) in [4.78, 5) is 21.4. The molecular weight excluding hydrogens is 254 g/mol. The van der Waals surface area contributed by atoms with Crippen molar-refractivity contribution >= 4 is 12.2 Å². The fraction of sp³-hybridized carbons (Fsp3) is 0.533. The average molecular weight is 277 g/mol. The van der Waals surface area contributed by atoms with Crippen LogP contribution in [0.4, 0.5) is 4.79 Å². The van der Waals surface area contributed by atoms with Crippen molar-refractivity contribution in [2.75, 3.05) is 7.05 Å². The lowest BCUT2D eigenvalue weighted by molar-refractivity contribution is 0.0238. The van der Waals surface area contributed by atoms with E-state index in [0.29, 0.717) is 0 Å². The van der Waals surface area contributed by atoms with Gasteiger partial charge in [0, 0.05) is 31.0 Å². The van der Waals surface area contributed by atoms with E-state index in [-0.39, 0.29) is 12.1 Å². The van der Waals surface area contributed by atoms with Crippen molar-refractivity contribution in [2.24, 2.45) is 0 Å². The maximum atomic E-state index is 11.9. The van der Waals surface area contributed by atoms with E-state index < -0.39 is 5.60 Å². The number of amides is 1. The first-order valence-electron chi connectivity index (χ1n) is 6.67. The summed E-state index contributed by atoms with van der Waals surface area (Å²) in [6.07, 6.45) is 9.36. The number of carbonyl (C=O) groups is 1. The average Bonchev–Trinajstić information content (AvgIpc) is 2.37.